The molecule has 0 aliphatic carbocycles. The molecule has 1 aromatic rings. The minimum Gasteiger partial charge on any atom is -0.370 e. The third kappa shape index (κ3) is 1.34. The Morgan fingerprint density at radius 3 is 2.67 bits per heavy atom. The van der Waals surface area contributed by atoms with Crippen LogP contribution >= 0.6 is 11.3 Å². The van der Waals surface area contributed by atoms with E-state index in [1.54, 1.807) is 0 Å². The maximum absolute atomic E-state index is 3.41. The Bertz CT molecular complexity index is 263. The molecule has 0 spiro atoms. The Labute approximate surface area is 77.2 Å². The van der Waals surface area contributed by atoms with Crippen LogP contribution in [-0.2, 0) is 0 Å². The molecule has 0 bridgehead atoms. The number of hydrogen-bond donors (Lipinski definition) is 1. The van der Waals surface area contributed by atoms with Crippen LogP contribution in [0.15, 0.2) is 12.1 Å². The molecule has 1 saturated heterocycles. The van der Waals surface area contributed by atoms with E-state index in [9.17, 15) is 0 Å². The SMILES string of the molecule is CN(C)c1ccc([C@@H]2CCN2)s1. The zero-order chi connectivity index (χ0) is 8.55. The molecular weight excluding hydrogens is 168 g/mol. The van der Waals surface area contributed by atoms with E-state index in [0.29, 0.717) is 6.04 Å². The first-order valence-electron chi connectivity index (χ1n) is 4.28. The molecule has 2 nitrogen and oxygen atoms in total. The van der Waals surface area contributed by atoms with Gasteiger partial charge in [0.1, 0.15) is 0 Å². The van der Waals surface area contributed by atoms with Crippen molar-refractivity contribution < 1.29 is 0 Å². The molecule has 3 heteroatoms. The highest BCUT2D eigenvalue weighted by molar-refractivity contribution is 7.16. The fraction of sp³-hybridized carbons (Fsp3) is 0.556. The van der Waals surface area contributed by atoms with E-state index in [1.165, 1.54) is 22.8 Å². The summed E-state index contributed by atoms with van der Waals surface area (Å²) < 4.78 is 0. The lowest BCUT2D eigenvalue weighted by atomic mass is 10.1. The van der Waals surface area contributed by atoms with Crippen molar-refractivity contribution in [2.75, 3.05) is 25.5 Å². The fourth-order valence-corrected chi connectivity index (χ4v) is 2.34. The summed E-state index contributed by atoms with van der Waals surface area (Å²) in [6.07, 6.45) is 1.30. The molecule has 66 valence electrons. The van der Waals surface area contributed by atoms with Gasteiger partial charge in [0.25, 0.3) is 0 Å². The van der Waals surface area contributed by atoms with Crippen LogP contribution in [-0.4, -0.2) is 20.6 Å². The summed E-state index contributed by atoms with van der Waals surface area (Å²) >= 11 is 1.89. The largest absolute Gasteiger partial charge is 0.370 e. The Kier molecular flexibility index (Phi) is 2.07. The minimum atomic E-state index is 0.642. The second-order valence-corrected chi connectivity index (χ2v) is 4.46. The van der Waals surface area contributed by atoms with E-state index in [4.69, 9.17) is 0 Å². The summed E-state index contributed by atoms with van der Waals surface area (Å²) in [6, 6.07) is 5.07. The monoisotopic (exact) mass is 182 g/mol. The highest BCUT2D eigenvalue weighted by Crippen LogP contribution is 2.32. The Morgan fingerprint density at radius 2 is 2.25 bits per heavy atom. The van der Waals surface area contributed by atoms with Crippen molar-refractivity contribution in [1.29, 1.82) is 0 Å². The van der Waals surface area contributed by atoms with Crippen LogP contribution in [0, 0.1) is 0 Å². The van der Waals surface area contributed by atoms with Gasteiger partial charge in [-0.25, -0.2) is 0 Å². The van der Waals surface area contributed by atoms with Crippen LogP contribution in [0.3, 0.4) is 0 Å². The Balaban J connectivity index is 2.12. The summed E-state index contributed by atoms with van der Waals surface area (Å²) in [7, 11) is 4.17. The van der Waals surface area contributed by atoms with E-state index in [-0.39, 0.29) is 0 Å². The van der Waals surface area contributed by atoms with Crippen molar-refractivity contribution in [2.45, 2.75) is 12.5 Å². The Hall–Kier alpha value is -0.540. The topological polar surface area (TPSA) is 15.3 Å². The van der Waals surface area contributed by atoms with Crippen molar-refractivity contribution >= 4 is 16.3 Å². The van der Waals surface area contributed by atoms with Crippen LogP contribution in [0.4, 0.5) is 5.00 Å². The maximum atomic E-state index is 3.41. The molecule has 1 atom stereocenters. The van der Waals surface area contributed by atoms with Crippen molar-refractivity contribution in [3.63, 3.8) is 0 Å². The second kappa shape index (κ2) is 3.07. The van der Waals surface area contributed by atoms with Crippen LogP contribution < -0.4 is 10.2 Å². The fourth-order valence-electron chi connectivity index (χ4n) is 1.30. The molecule has 12 heavy (non-hydrogen) atoms. The summed E-state index contributed by atoms with van der Waals surface area (Å²) in [5.41, 5.74) is 0. The summed E-state index contributed by atoms with van der Waals surface area (Å²) in [5, 5.41) is 4.75. The van der Waals surface area contributed by atoms with Crippen LogP contribution in [0.2, 0.25) is 0 Å². The number of nitrogens with one attached hydrogen (secondary N) is 1. The van der Waals surface area contributed by atoms with Gasteiger partial charge in [-0.05, 0) is 25.1 Å². The smallest absolute Gasteiger partial charge is 0.0906 e. The van der Waals surface area contributed by atoms with Gasteiger partial charge in [-0.3, -0.25) is 0 Å². The summed E-state index contributed by atoms with van der Waals surface area (Å²) in [4.78, 5) is 3.64. The lowest BCUT2D eigenvalue weighted by molar-refractivity contribution is 0.389. The van der Waals surface area contributed by atoms with Gasteiger partial charge in [-0.1, -0.05) is 0 Å². The lowest BCUT2D eigenvalue weighted by Gasteiger charge is -2.26. The predicted molar refractivity (Wildman–Crippen MR) is 54.0 cm³/mol. The molecule has 1 aliphatic heterocycles. The third-order valence-corrected chi connectivity index (χ3v) is 3.59. The number of hydrogen-bond acceptors (Lipinski definition) is 3. The molecule has 0 unspecified atom stereocenters. The predicted octanol–water partition coefficient (Wildman–Crippen LogP) is 1.85. The van der Waals surface area contributed by atoms with Gasteiger partial charge in [0, 0.05) is 25.0 Å². The third-order valence-electron chi connectivity index (χ3n) is 2.22. The highest BCUT2D eigenvalue weighted by atomic mass is 32.1. The van der Waals surface area contributed by atoms with E-state index in [1.807, 2.05) is 11.3 Å². The van der Waals surface area contributed by atoms with E-state index < -0.39 is 0 Å². The van der Waals surface area contributed by atoms with Crippen LogP contribution in [0.5, 0.6) is 0 Å². The second-order valence-electron chi connectivity index (χ2n) is 3.37. The van der Waals surface area contributed by atoms with Gasteiger partial charge in [-0.15, -0.1) is 11.3 Å². The first-order valence-corrected chi connectivity index (χ1v) is 5.09. The lowest BCUT2D eigenvalue weighted by Crippen LogP contribution is -2.34. The van der Waals surface area contributed by atoms with Gasteiger partial charge in [0.2, 0.25) is 0 Å². The highest BCUT2D eigenvalue weighted by Gasteiger charge is 2.20. The molecule has 2 rings (SSSR count). The zero-order valence-electron chi connectivity index (χ0n) is 7.50. The molecule has 0 amide bonds. The van der Waals surface area contributed by atoms with Crippen molar-refractivity contribution in [3.05, 3.63) is 17.0 Å². The Morgan fingerprint density at radius 1 is 1.50 bits per heavy atom. The maximum Gasteiger partial charge on any atom is 0.0906 e. The normalized spacial score (nSPS) is 22.0. The zero-order valence-corrected chi connectivity index (χ0v) is 8.32. The number of nitrogens with zero attached hydrogens (tertiary/aromatic N) is 1. The first-order chi connectivity index (χ1) is 5.77. The number of rotatable bonds is 2. The molecule has 0 radical (unpaired) electrons. The van der Waals surface area contributed by atoms with Crippen LogP contribution in [0.1, 0.15) is 17.3 Å². The number of anilines is 1. The van der Waals surface area contributed by atoms with Crippen molar-refractivity contribution in [2.24, 2.45) is 0 Å². The van der Waals surface area contributed by atoms with Gasteiger partial charge in [0.05, 0.1) is 5.00 Å². The van der Waals surface area contributed by atoms with Gasteiger partial charge < -0.3 is 10.2 Å². The minimum absolute atomic E-state index is 0.642. The van der Waals surface area contributed by atoms with Crippen molar-refractivity contribution in [1.82, 2.24) is 5.32 Å². The molecule has 1 fully saturated rings. The van der Waals surface area contributed by atoms with E-state index in [2.05, 4.69) is 36.4 Å². The molecular formula is C9H14N2S. The standard InChI is InChI=1S/C9H14N2S/c1-11(2)9-4-3-8(12-9)7-5-6-10-7/h3-4,7,10H,5-6H2,1-2H3/t7-/m0/s1. The number of thiophene rings is 1. The van der Waals surface area contributed by atoms with Crippen molar-refractivity contribution in [3.8, 4) is 0 Å². The average Bonchev–Trinajstić information content (AvgIpc) is 2.32. The van der Waals surface area contributed by atoms with Gasteiger partial charge in [0.15, 0.2) is 0 Å². The van der Waals surface area contributed by atoms with E-state index in [0.717, 1.165) is 0 Å². The molecule has 1 aromatic heterocycles. The van der Waals surface area contributed by atoms with Gasteiger partial charge >= 0.3 is 0 Å². The van der Waals surface area contributed by atoms with Crippen LogP contribution in [0.25, 0.3) is 0 Å². The molecule has 0 saturated carbocycles. The van der Waals surface area contributed by atoms with Gasteiger partial charge in [-0.2, -0.15) is 0 Å². The quantitative estimate of drug-likeness (QED) is 0.751. The average molecular weight is 182 g/mol. The molecule has 2 heterocycles. The molecule has 1 aliphatic rings. The summed E-state index contributed by atoms with van der Waals surface area (Å²) in [5.74, 6) is 0. The van der Waals surface area contributed by atoms with E-state index >= 15 is 0 Å². The molecule has 0 aromatic carbocycles. The summed E-state index contributed by atoms with van der Waals surface area (Å²) in [6.45, 7) is 1.18. The first kappa shape index (κ1) is 8.08. The molecule has 1 N–H and O–H groups in total.